The van der Waals surface area contributed by atoms with E-state index in [1.807, 2.05) is 44.2 Å². The van der Waals surface area contributed by atoms with Crippen LogP contribution in [0.4, 0.5) is 5.69 Å². The number of rotatable bonds is 7. The average Bonchev–Trinajstić information content (AvgIpc) is 2.62. The third-order valence-electron chi connectivity index (χ3n) is 3.32. The Bertz CT molecular complexity index is 855. The van der Waals surface area contributed by atoms with Crippen LogP contribution in [0.2, 0.25) is 0 Å². The number of para-hydroxylation sites is 2. The number of hydrogen-bond acceptors (Lipinski definition) is 4. The molecule has 0 radical (unpaired) electrons. The summed E-state index contributed by atoms with van der Waals surface area (Å²) in [6.07, 6.45) is 0. The first kappa shape index (κ1) is 20.9. The van der Waals surface area contributed by atoms with Crippen molar-refractivity contribution in [3.63, 3.8) is 0 Å². The molecule has 0 aliphatic heterocycles. The molecule has 2 rings (SSSR count). The number of thiocarbonyl (C=S) groups is 1. The molecule has 1 amide bonds. The van der Waals surface area contributed by atoms with Gasteiger partial charge in [-0.25, -0.2) is 0 Å². The normalized spacial score (nSPS) is 10.0. The lowest BCUT2D eigenvalue weighted by Crippen LogP contribution is -2.34. The van der Waals surface area contributed by atoms with Gasteiger partial charge in [0.05, 0.1) is 17.9 Å². The number of nitrogens with one attached hydrogen (secondary N) is 2. The summed E-state index contributed by atoms with van der Waals surface area (Å²) in [4.78, 5) is 12.6. The number of anilines is 1. The van der Waals surface area contributed by atoms with Gasteiger partial charge in [-0.05, 0) is 62.0 Å². The molecule has 0 atom stereocenters. The molecule has 142 valence electrons. The molecule has 0 bridgehead atoms. The van der Waals surface area contributed by atoms with Crippen LogP contribution < -0.4 is 20.1 Å². The lowest BCUT2D eigenvalue weighted by molar-refractivity contribution is 0.0974. The van der Waals surface area contributed by atoms with E-state index in [-0.39, 0.29) is 11.0 Å². The first-order valence-electron chi connectivity index (χ1n) is 8.31. The van der Waals surface area contributed by atoms with Crippen LogP contribution in [0.1, 0.15) is 24.2 Å². The minimum Gasteiger partial charge on any atom is -0.493 e. The molecule has 0 aliphatic carbocycles. The van der Waals surface area contributed by atoms with Crippen LogP contribution in [-0.2, 0) is 0 Å². The second-order valence-electron chi connectivity index (χ2n) is 5.72. The van der Waals surface area contributed by atoms with E-state index in [0.717, 1.165) is 10.0 Å². The number of hydrogen-bond donors (Lipinski definition) is 2. The minimum atomic E-state index is -0.363. The van der Waals surface area contributed by atoms with Crippen molar-refractivity contribution < 1.29 is 14.3 Å². The Labute approximate surface area is 172 Å². The summed E-state index contributed by atoms with van der Waals surface area (Å²) in [5, 5.41) is 5.82. The minimum absolute atomic E-state index is 0.161. The molecule has 7 heteroatoms. The lowest BCUT2D eigenvalue weighted by atomic mass is 10.2. The predicted octanol–water partition coefficient (Wildman–Crippen LogP) is 4.93. The van der Waals surface area contributed by atoms with Gasteiger partial charge in [0.25, 0.3) is 5.91 Å². The van der Waals surface area contributed by atoms with Crippen molar-refractivity contribution in [3.8, 4) is 11.5 Å². The topological polar surface area (TPSA) is 59.6 Å². The Hall–Kier alpha value is -2.38. The van der Waals surface area contributed by atoms with Crippen LogP contribution in [0.15, 0.2) is 59.1 Å². The zero-order valence-electron chi connectivity index (χ0n) is 15.2. The van der Waals surface area contributed by atoms with Crippen molar-refractivity contribution in [2.45, 2.75) is 13.8 Å². The fourth-order valence-electron chi connectivity index (χ4n) is 2.18. The lowest BCUT2D eigenvalue weighted by Gasteiger charge is -2.15. The molecular formula is C20H21BrN2O3S. The second kappa shape index (κ2) is 10.1. The first-order chi connectivity index (χ1) is 12.9. The van der Waals surface area contributed by atoms with Crippen molar-refractivity contribution in [1.82, 2.24) is 5.32 Å². The summed E-state index contributed by atoms with van der Waals surface area (Å²) < 4.78 is 12.0. The SMILES string of the molecule is C=C(C)COc1ccccc1NC(=S)NC(=O)c1cc(Br)ccc1OCC. The van der Waals surface area contributed by atoms with E-state index in [9.17, 15) is 4.79 Å². The van der Waals surface area contributed by atoms with E-state index in [2.05, 4.69) is 33.1 Å². The fourth-order valence-corrected chi connectivity index (χ4v) is 2.75. The molecule has 2 aromatic carbocycles. The Morgan fingerprint density at radius 2 is 1.93 bits per heavy atom. The van der Waals surface area contributed by atoms with Crippen LogP contribution in [0.25, 0.3) is 0 Å². The fraction of sp³-hybridized carbons (Fsp3) is 0.200. The van der Waals surface area contributed by atoms with Gasteiger partial charge in [0.15, 0.2) is 5.11 Å². The smallest absolute Gasteiger partial charge is 0.261 e. The molecule has 0 unspecified atom stereocenters. The van der Waals surface area contributed by atoms with Crippen LogP contribution >= 0.6 is 28.1 Å². The maximum Gasteiger partial charge on any atom is 0.261 e. The molecule has 0 saturated carbocycles. The highest BCUT2D eigenvalue weighted by Gasteiger charge is 2.15. The summed E-state index contributed by atoms with van der Waals surface area (Å²) in [5.41, 5.74) is 1.95. The maximum absolute atomic E-state index is 12.6. The van der Waals surface area contributed by atoms with Gasteiger partial charge < -0.3 is 14.8 Å². The van der Waals surface area contributed by atoms with Gasteiger partial charge in [-0.1, -0.05) is 34.6 Å². The van der Waals surface area contributed by atoms with Gasteiger partial charge in [-0.2, -0.15) is 0 Å². The van der Waals surface area contributed by atoms with Gasteiger partial charge in [-0.15, -0.1) is 0 Å². The Morgan fingerprint density at radius 1 is 1.19 bits per heavy atom. The molecule has 0 aromatic heterocycles. The van der Waals surface area contributed by atoms with E-state index in [4.69, 9.17) is 21.7 Å². The van der Waals surface area contributed by atoms with Crippen molar-refractivity contribution in [1.29, 1.82) is 0 Å². The van der Waals surface area contributed by atoms with Crippen molar-refractivity contribution in [2.24, 2.45) is 0 Å². The van der Waals surface area contributed by atoms with Gasteiger partial charge in [0, 0.05) is 4.47 Å². The van der Waals surface area contributed by atoms with E-state index < -0.39 is 0 Å². The van der Waals surface area contributed by atoms with E-state index in [0.29, 0.717) is 36.0 Å². The zero-order valence-corrected chi connectivity index (χ0v) is 17.6. The average molecular weight is 449 g/mol. The maximum atomic E-state index is 12.6. The molecule has 2 aromatic rings. The van der Waals surface area contributed by atoms with Crippen LogP contribution in [0.5, 0.6) is 11.5 Å². The predicted molar refractivity (Wildman–Crippen MR) is 116 cm³/mol. The Morgan fingerprint density at radius 3 is 2.63 bits per heavy atom. The third kappa shape index (κ3) is 6.37. The van der Waals surface area contributed by atoms with Crippen molar-refractivity contribution in [3.05, 3.63) is 64.7 Å². The van der Waals surface area contributed by atoms with E-state index in [1.54, 1.807) is 12.1 Å². The third-order valence-corrected chi connectivity index (χ3v) is 4.02. The number of amides is 1. The summed E-state index contributed by atoms with van der Waals surface area (Å²) in [6.45, 7) is 8.42. The van der Waals surface area contributed by atoms with Gasteiger partial charge in [0.1, 0.15) is 18.1 Å². The molecule has 0 aliphatic rings. The van der Waals surface area contributed by atoms with Crippen molar-refractivity contribution in [2.75, 3.05) is 18.5 Å². The summed E-state index contributed by atoms with van der Waals surface area (Å²) in [6, 6.07) is 12.6. The number of benzene rings is 2. The van der Waals surface area contributed by atoms with Crippen molar-refractivity contribution >= 4 is 44.9 Å². The molecule has 0 spiro atoms. The molecule has 0 heterocycles. The van der Waals surface area contributed by atoms with E-state index >= 15 is 0 Å². The molecule has 27 heavy (non-hydrogen) atoms. The van der Waals surface area contributed by atoms with Gasteiger partial charge in [-0.3, -0.25) is 10.1 Å². The first-order valence-corrected chi connectivity index (χ1v) is 9.51. The van der Waals surface area contributed by atoms with Gasteiger partial charge in [0.2, 0.25) is 0 Å². The second-order valence-corrected chi connectivity index (χ2v) is 7.05. The van der Waals surface area contributed by atoms with Crippen LogP contribution in [-0.4, -0.2) is 24.2 Å². The summed E-state index contributed by atoms with van der Waals surface area (Å²) in [5.74, 6) is 0.748. The van der Waals surface area contributed by atoms with E-state index in [1.165, 1.54) is 0 Å². The van der Waals surface area contributed by atoms with Gasteiger partial charge >= 0.3 is 0 Å². The Balaban J connectivity index is 2.09. The molecule has 5 nitrogen and oxygen atoms in total. The zero-order chi connectivity index (χ0) is 19.8. The highest BCUT2D eigenvalue weighted by atomic mass is 79.9. The summed E-state index contributed by atoms with van der Waals surface area (Å²) >= 11 is 8.65. The number of halogens is 1. The monoisotopic (exact) mass is 448 g/mol. The standard InChI is InChI=1S/C20H21BrN2O3S/c1-4-25-17-10-9-14(21)11-15(17)19(24)23-20(27)22-16-7-5-6-8-18(16)26-12-13(2)3/h5-11H,2,4,12H2,1,3H3,(H2,22,23,24,27). The molecular weight excluding hydrogens is 428 g/mol. The highest BCUT2D eigenvalue weighted by molar-refractivity contribution is 9.10. The number of carbonyl (C=O) groups is 1. The highest BCUT2D eigenvalue weighted by Crippen LogP contribution is 2.25. The van der Waals surface area contributed by atoms with Crippen LogP contribution in [0.3, 0.4) is 0 Å². The Kier molecular flexibility index (Phi) is 7.82. The molecule has 0 saturated heterocycles. The van der Waals surface area contributed by atoms with Crippen LogP contribution in [0, 0.1) is 0 Å². The summed E-state index contributed by atoms with van der Waals surface area (Å²) in [7, 11) is 0. The number of ether oxygens (including phenoxy) is 2. The quantitative estimate of drug-likeness (QED) is 0.464. The number of carbonyl (C=O) groups excluding carboxylic acids is 1. The largest absolute Gasteiger partial charge is 0.493 e. The molecule has 2 N–H and O–H groups in total. The molecule has 0 fully saturated rings.